The highest BCUT2D eigenvalue weighted by Gasteiger charge is 2.11. The van der Waals surface area contributed by atoms with Crippen LogP contribution in [0, 0.1) is 5.82 Å². The first-order valence-electron chi connectivity index (χ1n) is 7.77. The fraction of sp³-hybridized carbons (Fsp3) is 0.278. The second-order valence-corrected chi connectivity index (χ2v) is 5.78. The molecular formula is C18H18BrFN2O2. The molecule has 0 saturated carbocycles. The molecule has 6 heteroatoms. The minimum atomic E-state index is -0.284. The number of fused-ring (bicyclic) bond motifs is 1. The lowest BCUT2D eigenvalue weighted by atomic mass is 10.3. The summed E-state index contributed by atoms with van der Waals surface area (Å²) in [6.45, 7) is 4.03. The lowest BCUT2D eigenvalue weighted by molar-refractivity contribution is 0.139. The van der Waals surface area contributed by atoms with Crippen molar-refractivity contribution >= 4 is 27.0 Å². The minimum absolute atomic E-state index is 0.284. The molecule has 0 aliphatic carbocycles. The fourth-order valence-electron chi connectivity index (χ4n) is 2.51. The van der Waals surface area contributed by atoms with E-state index in [9.17, 15) is 4.39 Å². The van der Waals surface area contributed by atoms with Gasteiger partial charge in [0.05, 0.1) is 23.0 Å². The molecule has 1 aromatic heterocycles. The molecule has 0 aliphatic rings. The number of hydrogen-bond acceptors (Lipinski definition) is 3. The Bertz CT molecular complexity index is 818. The van der Waals surface area contributed by atoms with Crippen LogP contribution in [0.3, 0.4) is 0 Å². The third kappa shape index (κ3) is 3.76. The van der Waals surface area contributed by atoms with Gasteiger partial charge in [-0.2, -0.15) is 0 Å². The highest BCUT2D eigenvalue weighted by molar-refractivity contribution is 9.08. The molecule has 126 valence electrons. The van der Waals surface area contributed by atoms with E-state index in [0.717, 1.165) is 23.4 Å². The quantitative estimate of drug-likeness (QED) is 0.423. The maximum absolute atomic E-state index is 13.0. The average molecular weight is 393 g/mol. The van der Waals surface area contributed by atoms with E-state index in [2.05, 4.69) is 25.5 Å². The van der Waals surface area contributed by atoms with Gasteiger partial charge in [-0.3, -0.25) is 0 Å². The van der Waals surface area contributed by atoms with E-state index in [1.54, 1.807) is 12.1 Å². The van der Waals surface area contributed by atoms with Gasteiger partial charge in [-0.25, -0.2) is 9.37 Å². The molecule has 0 fully saturated rings. The molecule has 24 heavy (non-hydrogen) atoms. The van der Waals surface area contributed by atoms with Crippen molar-refractivity contribution in [2.75, 3.05) is 13.2 Å². The van der Waals surface area contributed by atoms with Crippen LogP contribution in [-0.2, 0) is 16.6 Å². The zero-order valence-corrected chi connectivity index (χ0v) is 14.9. The summed E-state index contributed by atoms with van der Waals surface area (Å²) in [7, 11) is 0. The normalized spacial score (nSPS) is 11.1. The monoisotopic (exact) mass is 392 g/mol. The van der Waals surface area contributed by atoms with Gasteiger partial charge in [0.1, 0.15) is 23.1 Å². The summed E-state index contributed by atoms with van der Waals surface area (Å²) in [5.74, 6) is 1.95. The molecule has 0 amide bonds. The Kier molecular flexibility index (Phi) is 5.48. The Morgan fingerprint density at radius 1 is 1.12 bits per heavy atom. The van der Waals surface area contributed by atoms with Gasteiger partial charge in [0.25, 0.3) is 0 Å². The van der Waals surface area contributed by atoms with E-state index in [1.165, 1.54) is 12.1 Å². The Morgan fingerprint density at radius 2 is 1.88 bits per heavy atom. The molecule has 4 nitrogen and oxygen atoms in total. The SMILES string of the molecule is CCOCCn1c(CBr)nc2ccc(Oc3ccc(F)cc3)cc21. The molecular weight excluding hydrogens is 375 g/mol. The third-order valence-corrected chi connectivity index (χ3v) is 4.13. The van der Waals surface area contributed by atoms with Crippen molar-refractivity contribution in [3.05, 3.63) is 54.1 Å². The Morgan fingerprint density at radius 3 is 2.58 bits per heavy atom. The number of nitrogens with zero attached hydrogens (tertiary/aromatic N) is 2. The van der Waals surface area contributed by atoms with Gasteiger partial charge in [0.15, 0.2) is 0 Å². The molecule has 3 rings (SSSR count). The van der Waals surface area contributed by atoms with Crippen molar-refractivity contribution in [1.29, 1.82) is 0 Å². The van der Waals surface area contributed by atoms with Gasteiger partial charge >= 0.3 is 0 Å². The number of ether oxygens (including phenoxy) is 2. The van der Waals surface area contributed by atoms with E-state index >= 15 is 0 Å². The lowest BCUT2D eigenvalue weighted by Crippen LogP contribution is -2.08. The number of hydrogen-bond donors (Lipinski definition) is 0. The standard InChI is InChI=1S/C18H18BrFN2O2/c1-2-23-10-9-22-17-11-15(7-8-16(17)21-18(22)12-19)24-14-5-3-13(20)4-6-14/h3-8,11H,2,9-10,12H2,1H3. The van der Waals surface area contributed by atoms with Crippen LogP contribution in [-0.4, -0.2) is 22.8 Å². The molecule has 0 bridgehead atoms. The molecule has 1 heterocycles. The smallest absolute Gasteiger partial charge is 0.129 e. The second kappa shape index (κ2) is 7.77. The summed E-state index contributed by atoms with van der Waals surface area (Å²) in [6, 6.07) is 11.7. The van der Waals surface area contributed by atoms with Crippen molar-refractivity contribution in [2.24, 2.45) is 0 Å². The Balaban J connectivity index is 1.90. The van der Waals surface area contributed by atoms with Crippen LogP contribution < -0.4 is 4.74 Å². The van der Waals surface area contributed by atoms with Gasteiger partial charge in [0.2, 0.25) is 0 Å². The zero-order valence-electron chi connectivity index (χ0n) is 13.3. The van der Waals surface area contributed by atoms with E-state index < -0.39 is 0 Å². The molecule has 0 radical (unpaired) electrons. The van der Waals surface area contributed by atoms with E-state index in [-0.39, 0.29) is 5.82 Å². The van der Waals surface area contributed by atoms with Crippen LogP contribution in [0.25, 0.3) is 11.0 Å². The topological polar surface area (TPSA) is 36.3 Å². The highest BCUT2D eigenvalue weighted by atomic mass is 79.9. The summed E-state index contributed by atoms with van der Waals surface area (Å²) in [6.07, 6.45) is 0. The number of alkyl halides is 1. The summed E-state index contributed by atoms with van der Waals surface area (Å²) >= 11 is 3.48. The van der Waals surface area contributed by atoms with E-state index in [1.807, 2.05) is 25.1 Å². The summed E-state index contributed by atoms with van der Waals surface area (Å²) in [4.78, 5) is 4.63. The average Bonchev–Trinajstić information content (AvgIpc) is 2.94. The molecule has 2 aromatic carbocycles. The Hall–Kier alpha value is -1.92. The van der Waals surface area contributed by atoms with Gasteiger partial charge < -0.3 is 14.0 Å². The molecule has 0 spiro atoms. The van der Waals surface area contributed by atoms with Crippen molar-refractivity contribution in [1.82, 2.24) is 9.55 Å². The van der Waals surface area contributed by atoms with Crippen LogP contribution in [0.15, 0.2) is 42.5 Å². The molecule has 0 aliphatic heterocycles. The number of benzene rings is 2. The lowest BCUT2D eigenvalue weighted by Gasteiger charge is -2.09. The third-order valence-electron chi connectivity index (χ3n) is 3.63. The van der Waals surface area contributed by atoms with Crippen molar-refractivity contribution < 1.29 is 13.9 Å². The molecule has 0 N–H and O–H groups in total. The van der Waals surface area contributed by atoms with Gasteiger partial charge in [-0.05, 0) is 43.3 Å². The largest absolute Gasteiger partial charge is 0.457 e. The van der Waals surface area contributed by atoms with Crippen LogP contribution in [0.1, 0.15) is 12.7 Å². The predicted molar refractivity (Wildman–Crippen MR) is 95.3 cm³/mol. The number of halogens is 2. The van der Waals surface area contributed by atoms with Crippen LogP contribution >= 0.6 is 15.9 Å². The zero-order chi connectivity index (χ0) is 16.9. The van der Waals surface area contributed by atoms with Gasteiger partial charge in [-0.1, -0.05) is 15.9 Å². The maximum atomic E-state index is 13.0. The first-order chi connectivity index (χ1) is 11.7. The van der Waals surface area contributed by atoms with Crippen LogP contribution in [0.2, 0.25) is 0 Å². The van der Waals surface area contributed by atoms with Crippen LogP contribution in [0.4, 0.5) is 4.39 Å². The number of imidazole rings is 1. The Labute approximate surface area is 148 Å². The van der Waals surface area contributed by atoms with Crippen molar-refractivity contribution in [3.63, 3.8) is 0 Å². The summed E-state index contributed by atoms with van der Waals surface area (Å²) in [5.41, 5.74) is 1.90. The van der Waals surface area contributed by atoms with Crippen molar-refractivity contribution in [3.8, 4) is 11.5 Å². The highest BCUT2D eigenvalue weighted by Crippen LogP contribution is 2.27. The first-order valence-corrected chi connectivity index (χ1v) is 8.89. The predicted octanol–water partition coefficient (Wildman–Crippen LogP) is 4.90. The minimum Gasteiger partial charge on any atom is -0.457 e. The number of rotatable bonds is 7. The van der Waals surface area contributed by atoms with Crippen molar-refractivity contribution in [2.45, 2.75) is 18.8 Å². The van der Waals surface area contributed by atoms with E-state index in [4.69, 9.17) is 9.47 Å². The van der Waals surface area contributed by atoms with Gasteiger partial charge in [-0.15, -0.1) is 0 Å². The first kappa shape index (κ1) is 16.9. The fourth-order valence-corrected chi connectivity index (χ4v) is 2.93. The number of aromatic nitrogens is 2. The molecule has 0 saturated heterocycles. The molecule has 3 aromatic rings. The second-order valence-electron chi connectivity index (χ2n) is 5.22. The maximum Gasteiger partial charge on any atom is 0.129 e. The summed E-state index contributed by atoms with van der Waals surface area (Å²) < 4.78 is 26.4. The molecule has 0 unspecified atom stereocenters. The van der Waals surface area contributed by atoms with Gasteiger partial charge in [0, 0.05) is 19.2 Å². The summed E-state index contributed by atoms with van der Waals surface area (Å²) in [5, 5.41) is 0.669. The van der Waals surface area contributed by atoms with Crippen LogP contribution in [0.5, 0.6) is 11.5 Å². The van der Waals surface area contributed by atoms with E-state index in [0.29, 0.717) is 30.0 Å². The molecule has 0 atom stereocenters.